The van der Waals surface area contributed by atoms with Crippen LogP contribution in [0.15, 0.2) is 0 Å². The Morgan fingerprint density at radius 1 is 0.478 bits per heavy atom. The summed E-state index contributed by atoms with van der Waals surface area (Å²) in [6.45, 7) is 4.50. The van der Waals surface area contributed by atoms with Gasteiger partial charge in [0, 0.05) is 6.61 Å². The maximum absolute atomic E-state index is 5.44. The molecule has 0 aromatic rings. The molecule has 0 aromatic heterocycles. The number of hydrogen-bond donors (Lipinski definition) is 0. The maximum Gasteiger partial charge on any atom is 0.246 e. The molecule has 0 spiro atoms. The van der Waals surface area contributed by atoms with E-state index < -0.39 is 0 Å². The SMILES string of the molecule is CCCCCCCCCCCCCCCCCCOCCO[Si]. The molecule has 0 atom stereocenters. The molecule has 0 fully saturated rings. The minimum absolute atomic E-state index is 0.635. The summed E-state index contributed by atoms with van der Waals surface area (Å²) >= 11 is 0. The highest BCUT2D eigenvalue weighted by Crippen LogP contribution is 2.13. The Morgan fingerprint density at radius 3 is 1.26 bits per heavy atom. The summed E-state index contributed by atoms with van der Waals surface area (Å²) < 4.78 is 10.2. The quantitative estimate of drug-likeness (QED) is 0.189. The first-order valence-corrected chi connectivity index (χ1v) is 10.7. The normalized spacial score (nSPS) is 11.2. The van der Waals surface area contributed by atoms with E-state index in [1.807, 2.05) is 0 Å². The van der Waals surface area contributed by atoms with Crippen molar-refractivity contribution >= 4 is 10.5 Å². The number of unbranched alkanes of at least 4 members (excludes halogenated alkanes) is 15. The molecule has 2 nitrogen and oxygen atoms in total. The Morgan fingerprint density at radius 2 is 0.870 bits per heavy atom. The molecule has 0 rings (SSSR count). The summed E-state index contributed by atoms with van der Waals surface area (Å²) in [6.07, 6.45) is 22.6. The van der Waals surface area contributed by atoms with Gasteiger partial charge in [-0.05, 0) is 6.42 Å². The Bertz CT molecular complexity index is 180. The van der Waals surface area contributed by atoms with Crippen LogP contribution >= 0.6 is 0 Å². The van der Waals surface area contributed by atoms with E-state index >= 15 is 0 Å². The van der Waals surface area contributed by atoms with Gasteiger partial charge < -0.3 is 9.16 Å². The molecular formula is C20H41O2Si. The zero-order chi connectivity index (χ0) is 16.8. The van der Waals surface area contributed by atoms with Crippen molar-refractivity contribution in [3.05, 3.63) is 0 Å². The second-order valence-electron chi connectivity index (χ2n) is 6.76. The van der Waals surface area contributed by atoms with Crippen molar-refractivity contribution in [3.63, 3.8) is 0 Å². The summed E-state index contributed by atoms with van der Waals surface area (Å²) in [6, 6.07) is 0. The van der Waals surface area contributed by atoms with Gasteiger partial charge in [0.25, 0.3) is 0 Å². The minimum atomic E-state index is 0.635. The fourth-order valence-electron chi connectivity index (χ4n) is 2.95. The molecule has 0 saturated heterocycles. The molecule has 0 amide bonds. The van der Waals surface area contributed by atoms with Crippen LogP contribution in [0.5, 0.6) is 0 Å². The van der Waals surface area contributed by atoms with E-state index in [1.54, 1.807) is 0 Å². The highest BCUT2D eigenvalue weighted by atomic mass is 28.2. The van der Waals surface area contributed by atoms with Gasteiger partial charge in [0.2, 0.25) is 10.5 Å². The summed E-state index contributed by atoms with van der Waals surface area (Å²) in [5.41, 5.74) is 0. The van der Waals surface area contributed by atoms with Crippen molar-refractivity contribution in [2.24, 2.45) is 0 Å². The molecule has 0 unspecified atom stereocenters. The molecule has 0 bridgehead atoms. The van der Waals surface area contributed by atoms with Gasteiger partial charge in [0.05, 0.1) is 13.2 Å². The van der Waals surface area contributed by atoms with Crippen molar-refractivity contribution in [1.82, 2.24) is 0 Å². The Balaban J connectivity index is 2.92. The summed E-state index contributed by atoms with van der Waals surface area (Å²) in [5.74, 6) is 0. The summed E-state index contributed by atoms with van der Waals surface area (Å²) in [4.78, 5) is 0. The van der Waals surface area contributed by atoms with Crippen LogP contribution < -0.4 is 0 Å². The molecule has 0 saturated carbocycles. The van der Waals surface area contributed by atoms with E-state index in [0.29, 0.717) is 13.2 Å². The third kappa shape index (κ3) is 22.1. The predicted octanol–water partition coefficient (Wildman–Crippen LogP) is 6.36. The maximum atomic E-state index is 5.44. The largest absolute Gasteiger partial charge is 0.416 e. The Labute approximate surface area is 149 Å². The predicted molar refractivity (Wildman–Crippen MR) is 102 cm³/mol. The van der Waals surface area contributed by atoms with E-state index in [4.69, 9.17) is 9.16 Å². The van der Waals surface area contributed by atoms with Gasteiger partial charge in [-0.2, -0.15) is 0 Å². The van der Waals surface area contributed by atoms with Gasteiger partial charge in [-0.3, -0.25) is 0 Å². The first-order valence-electron chi connectivity index (χ1n) is 10.3. The van der Waals surface area contributed by atoms with Gasteiger partial charge in [-0.15, -0.1) is 0 Å². The van der Waals surface area contributed by atoms with Crippen molar-refractivity contribution < 1.29 is 9.16 Å². The third-order valence-corrected chi connectivity index (χ3v) is 4.68. The van der Waals surface area contributed by atoms with Crippen LogP contribution in [0, 0.1) is 0 Å². The molecule has 3 heteroatoms. The lowest BCUT2D eigenvalue weighted by Gasteiger charge is -2.04. The van der Waals surface area contributed by atoms with Crippen molar-refractivity contribution in [2.75, 3.05) is 19.8 Å². The second kappa shape index (κ2) is 22.1. The fraction of sp³-hybridized carbons (Fsp3) is 1.00. The number of rotatable bonds is 20. The second-order valence-corrected chi connectivity index (χ2v) is 7.05. The lowest BCUT2D eigenvalue weighted by molar-refractivity contribution is 0.100. The zero-order valence-corrected chi connectivity index (χ0v) is 16.8. The van der Waals surface area contributed by atoms with E-state index in [2.05, 4.69) is 17.4 Å². The topological polar surface area (TPSA) is 18.5 Å². The monoisotopic (exact) mass is 341 g/mol. The van der Waals surface area contributed by atoms with Gasteiger partial charge in [-0.25, -0.2) is 0 Å². The smallest absolute Gasteiger partial charge is 0.246 e. The third-order valence-electron chi connectivity index (χ3n) is 4.47. The summed E-state index contributed by atoms with van der Waals surface area (Å²) in [5, 5.41) is 0. The van der Waals surface area contributed by atoms with Crippen LogP contribution in [0.1, 0.15) is 110 Å². The van der Waals surface area contributed by atoms with E-state index in [9.17, 15) is 0 Å². The molecular weight excluding hydrogens is 300 g/mol. The average molecular weight is 342 g/mol. The number of ether oxygens (including phenoxy) is 1. The van der Waals surface area contributed by atoms with E-state index in [0.717, 1.165) is 6.61 Å². The van der Waals surface area contributed by atoms with Gasteiger partial charge >= 0.3 is 0 Å². The highest BCUT2D eigenvalue weighted by molar-refractivity contribution is 5.97. The van der Waals surface area contributed by atoms with Gasteiger partial charge in [-0.1, -0.05) is 103 Å². The first kappa shape index (κ1) is 23.1. The van der Waals surface area contributed by atoms with Gasteiger partial charge in [0.1, 0.15) is 0 Å². The summed E-state index contributed by atoms with van der Waals surface area (Å²) in [7, 11) is 2.97. The van der Waals surface area contributed by atoms with Crippen LogP contribution in [0.25, 0.3) is 0 Å². The van der Waals surface area contributed by atoms with Crippen LogP contribution in [0.3, 0.4) is 0 Å². The molecule has 23 heavy (non-hydrogen) atoms. The molecule has 137 valence electrons. The molecule has 0 aliphatic rings. The molecule has 0 heterocycles. The van der Waals surface area contributed by atoms with Gasteiger partial charge in [0.15, 0.2) is 0 Å². The van der Waals surface area contributed by atoms with E-state index in [-0.39, 0.29) is 0 Å². The minimum Gasteiger partial charge on any atom is -0.416 e. The molecule has 0 aliphatic heterocycles. The first-order chi connectivity index (χ1) is 11.4. The molecule has 0 aromatic carbocycles. The van der Waals surface area contributed by atoms with Crippen molar-refractivity contribution in [1.29, 1.82) is 0 Å². The van der Waals surface area contributed by atoms with Crippen LogP contribution in [0.2, 0.25) is 0 Å². The van der Waals surface area contributed by atoms with Crippen molar-refractivity contribution in [2.45, 2.75) is 110 Å². The van der Waals surface area contributed by atoms with Crippen LogP contribution in [0.4, 0.5) is 0 Å². The molecule has 0 N–H and O–H groups in total. The lowest BCUT2D eigenvalue weighted by Crippen LogP contribution is -2.03. The Hall–Kier alpha value is 0.137. The number of hydrogen-bond acceptors (Lipinski definition) is 2. The standard InChI is InChI=1S/C20H41O2Si/c1-2-3-4-5-6-7-8-9-10-11-12-13-14-15-16-17-18-21-19-20-22-23/h2-20H2,1H3. The van der Waals surface area contributed by atoms with Crippen LogP contribution in [-0.2, 0) is 9.16 Å². The highest BCUT2D eigenvalue weighted by Gasteiger charge is 1.95. The zero-order valence-electron chi connectivity index (χ0n) is 15.8. The average Bonchev–Trinajstić information content (AvgIpc) is 2.57. The van der Waals surface area contributed by atoms with Crippen LogP contribution in [-0.4, -0.2) is 30.3 Å². The van der Waals surface area contributed by atoms with E-state index in [1.165, 1.54) is 103 Å². The Kier molecular flexibility index (Phi) is 22.3. The fourth-order valence-corrected chi connectivity index (χ4v) is 3.04. The van der Waals surface area contributed by atoms with Crippen molar-refractivity contribution in [3.8, 4) is 0 Å². The molecule has 0 aliphatic carbocycles. The molecule has 3 radical (unpaired) electrons. The lowest BCUT2D eigenvalue weighted by atomic mass is 10.0.